The van der Waals surface area contributed by atoms with E-state index in [-0.39, 0.29) is 28.1 Å². The number of nitroso groups, excluding NO2 is 1. The molecule has 0 aromatic carbocycles. The summed E-state index contributed by atoms with van der Waals surface area (Å²) in [5.41, 5.74) is -1.59. The van der Waals surface area contributed by atoms with Crippen molar-refractivity contribution in [1.29, 1.82) is 0 Å². The normalized spacial score (nSPS) is 15.3. The first-order chi connectivity index (χ1) is 15.6. The van der Waals surface area contributed by atoms with Crippen LogP contribution in [0.15, 0.2) is 44.7 Å². The van der Waals surface area contributed by atoms with Gasteiger partial charge in [-0.2, -0.15) is 0 Å². The molecule has 2 rings (SSSR count). The third kappa shape index (κ3) is 5.43. The molecule has 17 heteroatoms. The second-order valence-corrected chi connectivity index (χ2v) is 9.91. The predicted octanol–water partition coefficient (Wildman–Crippen LogP) is 2.44. The summed E-state index contributed by atoms with van der Waals surface area (Å²) >= 11 is 2.14. The number of methoxy groups -OCH3 is 4. The minimum absolute atomic E-state index is 0.183. The van der Waals surface area contributed by atoms with Gasteiger partial charge in [0, 0.05) is 0 Å². The summed E-state index contributed by atoms with van der Waals surface area (Å²) in [6, 6.07) is 0. The Morgan fingerprint density at radius 1 is 0.697 bits per heavy atom. The topological polar surface area (TPSA) is 178 Å². The van der Waals surface area contributed by atoms with Gasteiger partial charge in [-0.1, -0.05) is 47.0 Å². The lowest BCUT2D eigenvalue weighted by molar-refractivity contribution is -0.420. The molecule has 0 radical (unpaired) electrons. The Morgan fingerprint density at radius 3 is 1.24 bits per heavy atom. The number of thioether (sulfide) groups is 4. The lowest BCUT2D eigenvalue weighted by Crippen LogP contribution is -2.08. The molecule has 0 saturated heterocycles. The van der Waals surface area contributed by atoms with Crippen molar-refractivity contribution in [3.05, 3.63) is 54.5 Å². The van der Waals surface area contributed by atoms with Crippen LogP contribution >= 0.6 is 47.0 Å². The summed E-state index contributed by atoms with van der Waals surface area (Å²) < 4.78 is 18.0. The summed E-state index contributed by atoms with van der Waals surface area (Å²) in [7, 11) is 4.21. The number of hydrogen-bond acceptors (Lipinski definition) is 16. The number of ether oxygens (including phenoxy) is 4. The Kier molecular flexibility index (Phi) is 9.15. The molecule has 33 heavy (non-hydrogen) atoms. The van der Waals surface area contributed by atoms with Gasteiger partial charge in [0.15, 0.2) is 0 Å². The quantitative estimate of drug-likeness (QED) is 0.152. The molecular weight excluding hydrogens is 524 g/mol. The number of hydrogen-bond donors (Lipinski definition) is 0. The zero-order chi connectivity index (χ0) is 24.9. The van der Waals surface area contributed by atoms with Crippen LogP contribution in [-0.2, 0) is 38.1 Å². The Bertz CT molecular complexity index is 1030. The van der Waals surface area contributed by atoms with Crippen LogP contribution in [-0.4, -0.2) is 57.2 Å². The van der Waals surface area contributed by atoms with E-state index >= 15 is 0 Å². The van der Waals surface area contributed by atoms with Crippen molar-refractivity contribution in [2.75, 3.05) is 28.4 Å². The summed E-state index contributed by atoms with van der Waals surface area (Å²) in [5.74, 6) is -3.77. The summed E-state index contributed by atoms with van der Waals surface area (Å²) in [6.07, 6.45) is 0. The molecule has 13 nitrogen and oxygen atoms in total. The molecule has 0 unspecified atom stereocenters. The highest BCUT2D eigenvalue weighted by atomic mass is 32.2. The standard InChI is InChI=1S/C16H12N2O11S4/c1-26-11(19)7-8(12(20)27-2)31-15(30-7)5(17-23)6(18(24)25)16-32-9(13(21)28-3)10(33-16)14(22)29-4/h1-4H3. The Morgan fingerprint density at radius 2 is 1.00 bits per heavy atom. The minimum atomic E-state index is -0.953. The average Bonchev–Trinajstić information content (AvgIpc) is 3.45. The van der Waals surface area contributed by atoms with E-state index in [0.29, 0.717) is 47.0 Å². The molecule has 0 saturated carbocycles. The number of carbonyl (C=O) groups excluding carboxylic acids is 4. The lowest BCUT2D eigenvalue weighted by atomic mass is 10.4. The number of carbonyl (C=O) groups is 4. The molecule has 0 bridgehead atoms. The maximum absolute atomic E-state index is 12.1. The van der Waals surface area contributed by atoms with Crippen molar-refractivity contribution >= 4 is 70.9 Å². The van der Waals surface area contributed by atoms with E-state index in [9.17, 15) is 34.2 Å². The zero-order valence-corrected chi connectivity index (χ0v) is 20.3. The number of rotatable bonds is 7. The van der Waals surface area contributed by atoms with Gasteiger partial charge < -0.3 is 18.9 Å². The van der Waals surface area contributed by atoms with Crippen molar-refractivity contribution in [2.24, 2.45) is 5.18 Å². The first kappa shape index (κ1) is 26.5. The van der Waals surface area contributed by atoms with E-state index in [0.717, 1.165) is 28.4 Å². The van der Waals surface area contributed by atoms with Crippen LogP contribution in [0.3, 0.4) is 0 Å². The highest BCUT2D eigenvalue weighted by Gasteiger charge is 2.42. The molecule has 0 aromatic heterocycles. The van der Waals surface area contributed by atoms with Crippen molar-refractivity contribution in [3.63, 3.8) is 0 Å². The summed E-state index contributed by atoms with van der Waals surface area (Å²) in [5, 5.41) is 14.6. The van der Waals surface area contributed by atoms with Gasteiger partial charge in [-0.05, 0) is 5.18 Å². The fourth-order valence-corrected chi connectivity index (χ4v) is 7.08. The van der Waals surface area contributed by atoms with E-state index in [2.05, 4.69) is 24.1 Å². The van der Waals surface area contributed by atoms with Crippen LogP contribution in [0.1, 0.15) is 0 Å². The van der Waals surface area contributed by atoms with Crippen LogP contribution < -0.4 is 0 Å². The van der Waals surface area contributed by atoms with Gasteiger partial charge in [0.2, 0.25) is 5.70 Å². The molecule has 0 atom stereocenters. The first-order valence-corrected chi connectivity index (χ1v) is 11.4. The number of esters is 4. The molecular formula is C16H12N2O11S4. The van der Waals surface area contributed by atoms with Gasteiger partial charge in [-0.25, -0.2) is 19.2 Å². The van der Waals surface area contributed by atoms with Crippen LogP contribution in [0.2, 0.25) is 0 Å². The average molecular weight is 537 g/mol. The highest BCUT2D eigenvalue weighted by molar-refractivity contribution is 8.30. The van der Waals surface area contributed by atoms with E-state index in [1.165, 1.54) is 0 Å². The first-order valence-electron chi connectivity index (χ1n) is 8.14. The maximum atomic E-state index is 12.1. The van der Waals surface area contributed by atoms with Crippen molar-refractivity contribution in [1.82, 2.24) is 0 Å². The Labute approximate surface area is 201 Å². The van der Waals surface area contributed by atoms with Gasteiger partial charge in [0.1, 0.15) is 23.9 Å². The van der Waals surface area contributed by atoms with E-state index < -0.39 is 40.2 Å². The SMILES string of the molecule is COC(=O)C1=C(C(=O)OC)SC(=C(N=O)C(=C2SC(C(=O)OC)=C(C(=O)OC)S2)[N+](=O)[O-])S1. The van der Waals surface area contributed by atoms with Crippen molar-refractivity contribution < 1.29 is 43.0 Å². The summed E-state index contributed by atoms with van der Waals surface area (Å²) in [4.78, 5) is 69.8. The fourth-order valence-electron chi connectivity index (χ4n) is 2.13. The molecule has 176 valence electrons. The Balaban J connectivity index is 2.63. The van der Waals surface area contributed by atoms with Gasteiger partial charge in [-0.3, -0.25) is 10.1 Å². The monoisotopic (exact) mass is 536 g/mol. The molecule has 0 aliphatic carbocycles. The maximum Gasteiger partial charge on any atom is 0.346 e. The highest BCUT2D eigenvalue weighted by Crippen LogP contribution is 2.56. The molecule has 0 aromatic rings. The molecule has 0 fully saturated rings. The van der Waals surface area contributed by atoms with Crippen LogP contribution in [0.4, 0.5) is 0 Å². The molecule has 2 aliphatic rings. The fraction of sp³-hybridized carbons (Fsp3) is 0.250. The third-order valence-corrected chi connectivity index (χ3v) is 8.63. The molecule has 2 heterocycles. The Hall–Kier alpha value is -2.76. The van der Waals surface area contributed by atoms with Crippen molar-refractivity contribution in [2.45, 2.75) is 0 Å². The zero-order valence-electron chi connectivity index (χ0n) is 17.0. The predicted molar refractivity (Wildman–Crippen MR) is 119 cm³/mol. The molecule has 0 spiro atoms. The molecule has 0 N–H and O–H groups in total. The van der Waals surface area contributed by atoms with Gasteiger partial charge in [-0.15, -0.1) is 4.91 Å². The van der Waals surface area contributed by atoms with E-state index in [1.807, 2.05) is 0 Å². The summed E-state index contributed by atoms with van der Waals surface area (Å²) in [6.45, 7) is 0. The van der Waals surface area contributed by atoms with Gasteiger partial charge in [0.05, 0.1) is 37.6 Å². The minimum Gasteiger partial charge on any atom is -0.465 e. The lowest BCUT2D eigenvalue weighted by Gasteiger charge is -2.04. The largest absolute Gasteiger partial charge is 0.465 e. The molecule has 2 aliphatic heterocycles. The van der Waals surface area contributed by atoms with Gasteiger partial charge >= 0.3 is 29.6 Å². The van der Waals surface area contributed by atoms with Gasteiger partial charge in [0.25, 0.3) is 0 Å². The third-order valence-electron chi connectivity index (χ3n) is 3.56. The van der Waals surface area contributed by atoms with E-state index in [4.69, 9.17) is 0 Å². The van der Waals surface area contributed by atoms with Crippen LogP contribution in [0.25, 0.3) is 0 Å². The van der Waals surface area contributed by atoms with Crippen LogP contribution in [0.5, 0.6) is 0 Å². The van der Waals surface area contributed by atoms with Crippen molar-refractivity contribution in [3.8, 4) is 0 Å². The second-order valence-electron chi connectivity index (χ2n) is 5.31. The number of nitro groups is 1. The molecule has 0 amide bonds. The second kappa shape index (κ2) is 11.4. The smallest absolute Gasteiger partial charge is 0.346 e. The van der Waals surface area contributed by atoms with E-state index in [1.54, 1.807) is 0 Å². The van der Waals surface area contributed by atoms with Crippen LogP contribution in [0, 0.1) is 15.0 Å². The number of nitrogens with zero attached hydrogens (tertiary/aromatic N) is 2.